The molecule has 2 heteroatoms. The summed E-state index contributed by atoms with van der Waals surface area (Å²) < 4.78 is 0. The van der Waals surface area contributed by atoms with Crippen molar-refractivity contribution in [1.29, 1.82) is 0 Å². The molecular formula is C19H28O2. The first kappa shape index (κ1) is 16.1. The van der Waals surface area contributed by atoms with Gasteiger partial charge in [0.25, 0.3) is 0 Å². The van der Waals surface area contributed by atoms with Gasteiger partial charge in [0.2, 0.25) is 0 Å². The summed E-state index contributed by atoms with van der Waals surface area (Å²) in [6.07, 6.45) is 5.36. The third-order valence-corrected chi connectivity index (χ3v) is 5.00. The van der Waals surface area contributed by atoms with Crippen LogP contribution in [-0.2, 0) is 4.79 Å². The van der Waals surface area contributed by atoms with Gasteiger partial charge in [-0.3, -0.25) is 4.79 Å². The molecule has 2 nitrogen and oxygen atoms in total. The van der Waals surface area contributed by atoms with Crippen molar-refractivity contribution < 1.29 is 9.90 Å². The molecule has 1 saturated carbocycles. The second-order valence-corrected chi connectivity index (χ2v) is 6.84. The molecule has 0 saturated heterocycles. The molecule has 0 spiro atoms. The fourth-order valence-corrected chi connectivity index (χ4v) is 3.72. The largest absolute Gasteiger partial charge is 0.481 e. The number of carbonyl (C=O) groups is 1. The molecule has 0 aliphatic heterocycles. The highest BCUT2D eigenvalue weighted by Crippen LogP contribution is 2.42. The monoisotopic (exact) mass is 288 g/mol. The summed E-state index contributed by atoms with van der Waals surface area (Å²) in [5.41, 5.74) is 2.54. The average molecular weight is 288 g/mol. The van der Waals surface area contributed by atoms with E-state index in [1.54, 1.807) is 0 Å². The van der Waals surface area contributed by atoms with Gasteiger partial charge in [-0.1, -0.05) is 57.9 Å². The Bertz CT molecular complexity index is 461. The number of carboxylic acid groups (broad SMARTS) is 1. The van der Waals surface area contributed by atoms with Crippen LogP contribution in [0.3, 0.4) is 0 Å². The van der Waals surface area contributed by atoms with E-state index in [0.29, 0.717) is 11.8 Å². The van der Waals surface area contributed by atoms with E-state index in [4.69, 9.17) is 0 Å². The fraction of sp³-hybridized carbons (Fsp3) is 0.632. The summed E-state index contributed by atoms with van der Waals surface area (Å²) in [6.45, 7) is 6.59. The molecule has 1 aliphatic carbocycles. The molecule has 0 radical (unpaired) electrons. The highest BCUT2D eigenvalue weighted by molar-refractivity contribution is 5.71. The highest BCUT2D eigenvalue weighted by atomic mass is 16.4. The van der Waals surface area contributed by atoms with Crippen LogP contribution in [0.25, 0.3) is 0 Å². The first-order chi connectivity index (χ1) is 10.0. The Kier molecular flexibility index (Phi) is 5.44. The lowest BCUT2D eigenvalue weighted by Gasteiger charge is -2.34. The Morgan fingerprint density at radius 1 is 1.24 bits per heavy atom. The lowest BCUT2D eigenvalue weighted by Crippen LogP contribution is -2.29. The number of hydrogen-bond acceptors (Lipinski definition) is 1. The van der Waals surface area contributed by atoms with E-state index in [2.05, 4.69) is 45.0 Å². The molecule has 3 atom stereocenters. The van der Waals surface area contributed by atoms with Gasteiger partial charge < -0.3 is 5.11 Å². The van der Waals surface area contributed by atoms with E-state index in [1.807, 2.05) is 0 Å². The molecule has 3 unspecified atom stereocenters. The van der Waals surface area contributed by atoms with Gasteiger partial charge in [-0.25, -0.2) is 0 Å². The molecule has 1 aromatic carbocycles. The van der Waals surface area contributed by atoms with Crippen molar-refractivity contribution in [2.75, 3.05) is 0 Å². The summed E-state index contributed by atoms with van der Waals surface area (Å²) in [6, 6.07) is 8.65. The van der Waals surface area contributed by atoms with Crippen LogP contribution in [0.5, 0.6) is 0 Å². The van der Waals surface area contributed by atoms with Gasteiger partial charge in [0.15, 0.2) is 0 Å². The van der Waals surface area contributed by atoms with E-state index in [-0.39, 0.29) is 11.8 Å². The molecule has 0 aromatic heterocycles. The van der Waals surface area contributed by atoms with Crippen molar-refractivity contribution in [2.45, 2.75) is 64.7 Å². The van der Waals surface area contributed by atoms with E-state index in [9.17, 15) is 9.90 Å². The summed E-state index contributed by atoms with van der Waals surface area (Å²) in [5, 5.41) is 9.53. The maximum absolute atomic E-state index is 11.6. The summed E-state index contributed by atoms with van der Waals surface area (Å²) in [7, 11) is 0. The molecule has 2 rings (SSSR count). The molecule has 1 N–H and O–H groups in total. The Balaban J connectivity index is 2.20. The van der Waals surface area contributed by atoms with Gasteiger partial charge in [0, 0.05) is 0 Å². The van der Waals surface area contributed by atoms with E-state index in [1.165, 1.54) is 24.0 Å². The van der Waals surface area contributed by atoms with Gasteiger partial charge >= 0.3 is 5.97 Å². The summed E-state index contributed by atoms with van der Waals surface area (Å²) >= 11 is 0. The van der Waals surface area contributed by atoms with Crippen molar-refractivity contribution in [3.63, 3.8) is 0 Å². The van der Waals surface area contributed by atoms with Crippen LogP contribution >= 0.6 is 0 Å². The topological polar surface area (TPSA) is 37.3 Å². The van der Waals surface area contributed by atoms with E-state index in [0.717, 1.165) is 19.3 Å². The fourth-order valence-electron chi connectivity index (χ4n) is 3.72. The predicted molar refractivity (Wildman–Crippen MR) is 86.6 cm³/mol. The van der Waals surface area contributed by atoms with Crippen LogP contribution in [-0.4, -0.2) is 11.1 Å². The van der Waals surface area contributed by atoms with Gasteiger partial charge in [0.1, 0.15) is 0 Å². The quantitative estimate of drug-likeness (QED) is 0.809. The standard InChI is InChI=1S/C19H28O2/c1-4-5-14-6-11-17(19(20)21)18(12-14)16-9-7-15(8-10-16)13(2)3/h7-10,13-14,17-18H,4-6,11-12H2,1-3H3,(H,20,21). The molecule has 116 valence electrons. The number of benzene rings is 1. The Labute approximate surface area is 128 Å². The maximum atomic E-state index is 11.6. The smallest absolute Gasteiger partial charge is 0.307 e. The molecule has 0 bridgehead atoms. The van der Waals surface area contributed by atoms with E-state index < -0.39 is 5.97 Å². The molecule has 21 heavy (non-hydrogen) atoms. The normalized spacial score (nSPS) is 26.0. The zero-order valence-corrected chi connectivity index (χ0v) is 13.5. The van der Waals surface area contributed by atoms with Crippen molar-refractivity contribution in [3.8, 4) is 0 Å². The lowest BCUT2D eigenvalue weighted by molar-refractivity contribution is -0.143. The Morgan fingerprint density at radius 2 is 1.90 bits per heavy atom. The molecule has 1 fully saturated rings. The number of aliphatic carboxylic acids is 1. The highest BCUT2D eigenvalue weighted by Gasteiger charge is 2.35. The first-order valence-electron chi connectivity index (χ1n) is 8.35. The number of rotatable bonds is 5. The number of hydrogen-bond donors (Lipinski definition) is 1. The Morgan fingerprint density at radius 3 is 2.43 bits per heavy atom. The van der Waals surface area contributed by atoms with Crippen molar-refractivity contribution >= 4 is 5.97 Å². The van der Waals surface area contributed by atoms with Gasteiger partial charge in [-0.15, -0.1) is 0 Å². The SMILES string of the molecule is CCCC1CCC(C(=O)O)C(c2ccc(C(C)C)cc2)C1. The predicted octanol–water partition coefficient (Wildman–Crippen LogP) is 5.19. The molecular weight excluding hydrogens is 260 g/mol. The zero-order chi connectivity index (χ0) is 15.4. The Hall–Kier alpha value is -1.31. The summed E-state index contributed by atoms with van der Waals surface area (Å²) in [5.74, 6) is 0.578. The first-order valence-corrected chi connectivity index (χ1v) is 8.35. The zero-order valence-electron chi connectivity index (χ0n) is 13.5. The second-order valence-electron chi connectivity index (χ2n) is 6.84. The van der Waals surface area contributed by atoms with Gasteiger partial charge in [0.05, 0.1) is 5.92 Å². The molecule has 0 amide bonds. The molecule has 1 aliphatic rings. The number of carboxylic acids is 1. The minimum atomic E-state index is -0.622. The lowest BCUT2D eigenvalue weighted by atomic mass is 9.70. The van der Waals surface area contributed by atoms with Crippen molar-refractivity contribution in [3.05, 3.63) is 35.4 Å². The van der Waals surface area contributed by atoms with Gasteiger partial charge in [-0.05, 0) is 48.1 Å². The van der Waals surface area contributed by atoms with Crippen LogP contribution in [0.2, 0.25) is 0 Å². The molecule has 1 aromatic rings. The minimum absolute atomic E-state index is 0.189. The van der Waals surface area contributed by atoms with Gasteiger partial charge in [-0.2, -0.15) is 0 Å². The third-order valence-electron chi connectivity index (χ3n) is 5.00. The van der Waals surface area contributed by atoms with Crippen LogP contribution in [0, 0.1) is 11.8 Å². The minimum Gasteiger partial charge on any atom is -0.481 e. The third kappa shape index (κ3) is 3.87. The molecule has 0 heterocycles. The van der Waals surface area contributed by atoms with Crippen LogP contribution in [0.1, 0.15) is 75.8 Å². The van der Waals surface area contributed by atoms with Crippen molar-refractivity contribution in [1.82, 2.24) is 0 Å². The average Bonchev–Trinajstić information content (AvgIpc) is 2.47. The summed E-state index contributed by atoms with van der Waals surface area (Å²) in [4.78, 5) is 11.6. The van der Waals surface area contributed by atoms with E-state index >= 15 is 0 Å². The van der Waals surface area contributed by atoms with Crippen LogP contribution < -0.4 is 0 Å². The second kappa shape index (κ2) is 7.11. The van der Waals surface area contributed by atoms with Crippen LogP contribution in [0.4, 0.5) is 0 Å². The van der Waals surface area contributed by atoms with Crippen LogP contribution in [0.15, 0.2) is 24.3 Å². The van der Waals surface area contributed by atoms with Crippen molar-refractivity contribution in [2.24, 2.45) is 11.8 Å². The maximum Gasteiger partial charge on any atom is 0.307 e.